The Morgan fingerprint density at radius 3 is 1.73 bits per heavy atom. The molecule has 0 radical (unpaired) electrons. The molecule has 0 amide bonds. The van der Waals surface area contributed by atoms with E-state index in [0.29, 0.717) is 49.1 Å². The Bertz CT molecular complexity index is 1390. The molecule has 2 heterocycles. The summed E-state index contributed by atoms with van der Waals surface area (Å²) < 4.78 is 22.0. The lowest BCUT2D eigenvalue weighted by Gasteiger charge is -2.20. The second kappa shape index (κ2) is 9.88. The monoisotopic (exact) mass is 504 g/mol. The Morgan fingerprint density at radius 2 is 1.24 bits per heavy atom. The summed E-state index contributed by atoms with van der Waals surface area (Å²) in [5, 5.41) is 19.8. The Hall–Kier alpha value is -3.88. The average Bonchev–Trinajstić information content (AvgIpc) is 3.79. The first-order valence-electron chi connectivity index (χ1n) is 12.1. The maximum atomic E-state index is 12.1. The molecule has 2 unspecified atom stereocenters. The maximum Gasteiger partial charge on any atom is 0.336 e. The molecular weight excluding hydrogens is 476 g/mol. The highest BCUT2D eigenvalue weighted by atomic mass is 16.6. The lowest BCUT2D eigenvalue weighted by atomic mass is 9.84. The average molecular weight is 505 g/mol. The van der Waals surface area contributed by atoms with Crippen molar-refractivity contribution in [3.63, 3.8) is 0 Å². The maximum absolute atomic E-state index is 12.1. The van der Waals surface area contributed by atoms with Gasteiger partial charge >= 0.3 is 11.9 Å². The molecule has 8 nitrogen and oxygen atoms in total. The number of aryl methyl sites for hydroxylation is 1. The number of carbonyl (C=O) groups is 2. The molecule has 2 N–H and O–H groups in total. The van der Waals surface area contributed by atoms with Gasteiger partial charge in [0.05, 0.1) is 24.3 Å². The summed E-state index contributed by atoms with van der Waals surface area (Å²) in [7, 11) is 0. The van der Waals surface area contributed by atoms with E-state index in [2.05, 4.69) is 0 Å². The van der Waals surface area contributed by atoms with Crippen molar-refractivity contribution in [3.8, 4) is 33.8 Å². The van der Waals surface area contributed by atoms with E-state index in [-0.39, 0.29) is 23.3 Å². The molecule has 0 saturated carbocycles. The van der Waals surface area contributed by atoms with Gasteiger partial charge in [-0.2, -0.15) is 0 Å². The smallest absolute Gasteiger partial charge is 0.336 e. The molecule has 192 valence electrons. The van der Waals surface area contributed by atoms with Crippen LogP contribution < -0.4 is 9.47 Å². The molecule has 2 aliphatic rings. The van der Waals surface area contributed by atoms with Gasteiger partial charge < -0.3 is 29.2 Å². The first kappa shape index (κ1) is 24.8. The summed E-state index contributed by atoms with van der Waals surface area (Å²) in [6.45, 7) is 7.87. The van der Waals surface area contributed by atoms with Crippen molar-refractivity contribution in [2.75, 3.05) is 26.4 Å². The molecule has 2 aliphatic heterocycles. The Kier molecular flexibility index (Phi) is 6.62. The summed E-state index contributed by atoms with van der Waals surface area (Å²) in [4.78, 5) is 24.2. The van der Waals surface area contributed by atoms with Crippen molar-refractivity contribution >= 4 is 11.9 Å². The molecule has 3 aromatic rings. The van der Waals surface area contributed by atoms with Crippen molar-refractivity contribution in [2.45, 2.75) is 33.0 Å². The van der Waals surface area contributed by atoms with Gasteiger partial charge in [-0.1, -0.05) is 6.07 Å². The molecule has 0 spiro atoms. The summed E-state index contributed by atoms with van der Waals surface area (Å²) in [6, 6.07) is 11.8. The largest absolute Gasteiger partial charge is 0.491 e. The van der Waals surface area contributed by atoms with E-state index in [9.17, 15) is 19.8 Å². The summed E-state index contributed by atoms with van der Waals surface area (Å²) in [5.74, 6) is -0.950. The third-order valence-electron chi connectivity index (χ3n) is 6.78. The summed E-state index contributed by atoms with van der Waals surface area (Å²) >= 11 is 0. The number of hydrogen-bond acceptors (Lipinski definition) is 6. The highest BCUT2D eigenvalue weighted by molar-refractivity contribution is 6.00. The van der Waals surface area contributed by atoms with Crippen LogP contribution in [0.1, 0.15) is 37.4 Å². The molecular formula is C29H28O8. The molecule has 8 heteroatoms. The Morgan fingerprint density at radius 1 is 0.757 bits per heavy atom. The van der Waals surface area contributed by atoms with Gasteiger partial charge in [0.15, 0.2) is 0 Å². The predicted octanol–water partition coefficient (Wildman–Crippen LogP) is 4.90. The predicted molar refractivity (Wildman–Crippen MR) is 136 cm³/mol. The van der Waals surface area contributed by atoms with Crippen LogP contribution in [0.2, 0.25) is 0 Å². The van der Waals surface area contributed by atoms with E-state index in [1.54, 1.807) is 36.4 Å². The van der Waals surface area contributed by atoms with Crippen LogP contribution in [0, 0.1) is 20.8 Å². The number of benzene rings is 3. The first-order chi connectivity index (χ1) is 17.7. The Labute approximate surface area is 214 Å². The molecule has 37 heavy (non-hydrogen) atoms. The number of carboxylic acids is 2. The third kappa shape index (κ3) is 5.30. The fraction of sp³-hybridized carbons (Fsp3) is 0.310. The van der Waals surface area contributed by atoms with E-state index in [4.69, 9.17) is 18.9 Å². The molecule has 0 bridgehead atoms. The second-order valence-corrected chi connectivity index (χ2v) is 9.42. The number of ether oxygens (including phenoxy) is 4. The minimum atomic E-state index is -1.04. The van der Waals surface area contributed by atoms with Crippen molar-refractivity contribution in [1.82, 2.24) is 0 Å². The zero-order chi connectivity index (χ0) is 26.3. The number of rotatable bonds is 10. The molecule has 5 rings (SSSR count). The first-order valence-corrected chi connectivity index (χ1v) is 12.1. The zero-order valence-electron chi connectivity index (χ0n) is 20.9. The number of hydrogen-bond donors (Lipinski definition) is 2. The fourth-order valence-corrected chi connectivity index (χ4v) is 4.51. The lowest BCUT2D eigenvalue weighted by molar-refractivity contribution is 0.0686. The highest BCUT2D eigenvalue weighted by Gasteiger charge is 2.26. The molecule has 2 fully saturated rings. The topological polar surface area (TPSA) is 118 Å². The van der Waals surface area contributed by atoms with E-state index in [1.165, 1.54) is 0 Å². The minimum Gasteiger partial charge on any atom is -0.491 e. The highest BCUT2D eigenvalue weighted by Crippen LogP contribution is 2.40. The van der Waals surface area contributed by atoms with Crippen LogP contribution >= 0.6 is 0 Å². The third-order valence-corrected chi connectivity index (χ3v) is 6.78. The van der Waals surface area contributed by atoms with E-state index >= 15 is 0 Å². The van der Waals surface area contributed by atoms with Gasteiger partial charge in [-0.3, -0.25) is 0 Å². The van der Waals surface area contributed by atoms with Crippen LogP contribution in [0.3, 0.4) is 0 Å². The van der Waals surface area contributed by atoms with Crippen LogP contribution in [-0.4, -0.2) is 60.8 Å². The molecule has 3 aromatic carbocycles. The van der Waals surface area contributed by atoms with E-state index in [1.807, 2.05) is 26.8 Å². The molecule has 2 saturated heterocycles. The molecule has 2 atom stereocenters. The SMILES string of the molecule is Cc1cc(-c2cc(OCC3CO3)ccc2C(=O)O)c(C)c(C)c1-c1cc(OCC2CO2)ccc1C(=O)O. The Balaban J connectivity index is 1.59. The summed E-state index contributed by atoms with van der Waals surface area (Å²) in [5.41, 5.74) is 5.46. The van der Waals surface area contributed by atoms with Gasteiger partial charge in [0.1, 0.15) is 36.9 Å². The van der Waals surface area contributed by atoms with E-state index in [0.717, 1.165) is 27.8 Å². The number of epoxide rings is 2. The van der Waals surface area contributed by atoms with Gasteiger partial charge in [0.25, 0.3) is 0 Å². The quantitative estimate of drug-likeness (QED) is 0.375. The number of aromatic carboxylic acids is 2. The molecule has 0 aromatic heterocycles. The van der Waals surface area contributed by atoms with Gasteiger partial charge in [0, 0.05) is 11.1 Å². The lowest BCUT2D eigenvalue weighted by Crippen LogP contribution is -2.08. The van der Waals surface area contributed by atoms with Crippen LogP contribution in [0.5, 0.6) is 11.5 Å². The van der Waals surface area contributed by atoms with Crippen LogP contribution in [0.15, 0.2) is 42.5 Å². The van der Waals surface area contributed by atoms with Gasteiger partial charge in [-0.05, 0) is 85.0 Å². The summed E-state index contributed by atoms with van der Waals surface area (Å²) in [6.07, 6.45) is 0.153. The van der Waals surface area contributed by atoms with Gasteiger partial charge in [-0.15, -0.1) is 0 Å². The van der Waals surface area contributed by atoms with Crippen molar-refractivity contribution < 1.29 is 38.7 Å². The second-order valence-electron chi connectivity index (χ2n) is 9.42. The van der Waals surface area contributed by atoms with Gasteiger partial charge in [-0.25, -0.2) is 9.59 Å². The standard InChI is InChI=1S/C29H28O8/c1-15-8-24(25-9-18(34-11-20-13-36-20)4-6-22(25)28(30)31)16(2)17(3)27(15)26-10-19(35-12-21-14-37-21)5-7-23(26)29(32)33/h4-10,20-21H,11-14H2,1-3H3,(H,30,31)(H,32,33). The van der Waals surface area contributed by atoms with Crippen molar-refractivity contribution in [1.29, 1.82) is 0 Å². The van der Waals surface area contributed by atoms with Crippen molar-refractivity contribution in [2.24, 2.45) is 0 Å². The minimum absolute atomic E-state index is 0.0765. The van der Waals surface area contributed by atoms with Crippen LogP contribution in [0.4, 0.5) is 0 Å². The van der Waals surface area contributed by atoms with E-state index < -0.39 is 11.9 Å². The van der Waals surface area contributed by atoms with Crippen molar-refractivity contribution in [3.05, 3.63) is 70.3 Å². The normalized spacial score (nSPS) is 17.8. The number of carboxylic acid groups (broad SMARTS) is 2. The molecule has 0 aliphatic carbocycles. The van der Waals surface area contributed by atoms with Crippen LogP contribution in [0.25, 0.3) is 22.3 Å². The van der Waals surface area contributed by atoms with Gasteiger partial charge in [0.2, 0.25) is 0 Å². The van der Waals surface area contributed by atoms with Crippen LogP contribution in [-0.2, 0) is 9.47 Å². The fourth-order valence-electron chi connectivity index (χ4n) is 4.51. The zero-order valence-corrected chi connectivity index (χ0v) is 20.9.